The summed E-state index contributed by atoms with van der Waals surface area (Å²) in [5, 5.41) is 2.69. The summed E-state index contributed by atoms with van der Waals surface area (Å²) in [7, 11) is -1.65. The molecule has 0 amide bonds. The van der Waals surface area contributed by atoms with E-state index in [1.165, 1.54) is 34.4 Å². The number of rotatable bonds is 9. The van der Waals surface area contributed by atoms with Gasteiger partial charge in [-0.25, -0.2) is 9.98 Å². The number of H-pyrrole nitrogens is 1. The first-order valence-electron chi connectivity index (χ1n) is 12.3. The molecular weight excluding hydrogens is 416 g/mol. The standard InChI is InChI=1S/C25H40N4O2Si/c1-8-30-23-20(27-24(31-9-2)22(29-23)17(6)7)15-19-18-13-14-26-16-21(18)28-25(19)32(10-3,11-4)12-5/h13-14,16-17,20,22,28H,8-12,15H2,1-7H3/t20-,22+/m1/s1. The van der Waals surface area contributed by atoms with Crippen molar-refractivity contribution in [3.8, 4) is 0 Å². The van der Waals surface area contributed by atoms with E-state index in [1.807, 2.05) is 26.2 Å². The molecule has 1 N–H and O–H groups in total. The van der Waals surface area contributed by atoms with Gasteiger partial charge < -0.3 is 14.5 Å². The van der Waals surface area contributed by atoms with Crippen molar-refractivity contribution in [2.45, 2.75) is 85.1 Å². The highest BCUT2D eigenvalue weighted by atomic mass is 28.3. The molecule has 0 unspecified atom stereocenters. The molecule has 0 radical (unpaired) electrons. The van der Waals surface area contributed by atoms with E-state index < -0.39 is 8.07 Å². The van der Waals surface area contributed by atoms with E-state index in [4.69, 9.17) is 19.5 Å². The van der Waals surface area contributed by atoms with Gasteiger partial charge in [0.1, 0.15) is 20.2 Å². The van der Waals surface area contributed by atoms with Crippen molar-refractivity contribution in [2.75, 3.05) is 13.2 Å². The molecule has 0 fully saturated rings. The quantitative estimate of drug-likeness (QED) is 0.534. The maximum absolute atomic E-state index is 6.04. The van der Waals surface area contributed by atoms with E-state index in [0.29, 0.717) is 19.1 Å². The molecule has 0 aromatic carbocycles. The fourth-order valence-corrected chi connectivity index (χ4v) is 8.76. The number of hydrogen-bond acceptors (Lipinski definition) is 5. The monoisotopic (exact) mass is 456 g/mol. The lowest BCUT2D eigenvalue weighted by atomic mass is 10.0. The topological polar surface area (TPSA) is 71.9 Å². The van der Waals surface area contributed by atoms with Gasteiger partial charge in [0.25, 0.3) is 0 Å². The number of fused-ring (bicyclic) bond motifs is 1. The molecule has 3 rings (SSSR count). The van der Waals surface area contributed by atoms with Crippen LogP contribution in [0.2, 0.25) is 18.1 Å². The fourth-order valence-electron chi connectivity index (χ4n) is 4.92. The Kier molecular flexibility index (Phi) is 8.14. The first-order chi connectivity index (χ1) is 15.4. The van der Waals surface area contributed by atoms with Gasteiger partial charge in [-0.15, -0.1) is 0 Å². The third-order valence-electron chi connectivity index (χ3n) is 6.97. The van der Waals surface area contributed by atoms with Gasteiger partial charge in [0.2, 0.25) is 11.8 Å². The first kappa shape index (κ1) is 24.5. The lowest BCUT2D eigenvalue weighted by Gasteiger charge is -2.31. The Labute approximate surface area is 194 Å². The minimum Gasteiger partial charge on any atom is -0.480 e. The van der Waals surface area contributed by atoms with Gasteiger partial charge >= 0.3 is 0 Å². The van der Waals surface area contributed by atoms with Crippen LogP contribution < -0.4 is 5.32 Å². The Balaban J connectivity index is 2.12. The van der Waals surface area contributed by atoms with Crippen molar-refractivity contribution < 1.29 is 9.47 Å². The average Bonchev–Trinajstić information content (AvgIpc) is 3.16. The molecule has 0 aliphatic carbocycles. The van der Waals surface area contributed by atoms with Gasteiger partial charge in [-0.1, -0.05) is 52.8 Å². The molecule has 2 atom stereocenters. The second-order valence-electron chi connectivity index (χ2n) is 8.95. The van der Waals surface area contributed by atoms with Gasteiger partial charge in [0.15, 0.2) is 0 Å². The number of nitrogens with zero attached hydrogens (tertiary/aromatic N) is 3. The van der Waals surface area contributed by atoms with Crippen LogP contribution in [-0.4, -0.2) is 55.1 Å². The number of aromatic amines is 1. The van der Waals surface area contributed by atoms with E-state index in [0.717, 1.165) is 23.7 Å². The Hall–Kier alpha value is -2.15. The minimum absolute atomic E-state index is 0.0882. The Bertz CT molecular complexity index is 954. The Morgan fingerprint density at radius 1 is 0.969 bits per heavy atom. The van der Waals surface area contributed by atoms with E-state index in [2.05, 4.69) is 50.7 Å². The second kappa shape index (κ2) is 10.6. The summed E-state index contributed by atoms with van der Waals surface area (Å²) in [5.41, 5.74) is 2.48. The van der Waals surface area contributed by atoms with Crippen molar-refractivity contribution in [3.05, 3.63) is 24.0 Å². The number of ether oxygens (including phenoxy) is 2. The van der Waals surface area contributed by atoms with Gasteiger partial charge in [0, 0.05) is 23.3 Å². The summed E-state index contributed by atoms with van der Waals surface area (Å²) < 4.78 is 12.0. The minimum atomic E-state index is -1.65. The van der Waals surface area contributed by atoms with Gasteiger partial charge in [0.05, 0.1) is 24.9 Å². The van der Waals surface area contributed by atoms with Crippen molar-refractivity contribution in [1.29, 1.82) is 0 Å². The van der Waals surface area contributed by atoms with Crippen molar-refractivity contribution >= 4 is 36.1 Å². The highest BCUT2D eigenvalue weighted by molar-refractivity contribution is 6.91. The largest absolute Gasteiger partial charge is 0.480 e. The summed E-state index contributed by atoms with van der Waals surface area (Å²) in [5.74, 6) is 1.77. The van der Waals surface area contributed by atoms with Crippen LogP contribution in [-0.2, 0) is 15.9 Å². The molecule has 2 aromatic rings. The van der Waals surface area contributed by atoms with Gasteiger partial charge in [-0.3, -0.25) is 4.98 Å². The number of nitrogens with one attached hydrogen (secondary N) is 1. The predicted molar refractivity (Wildman–Crippen MR) is 137 cm³/mol. The van der Waals surface area contributed by atoms with Crippen LogP contribution in [0, 0.1) is 5.92 Å². The summed E-state index contributed by atoms with van der Waals surface area (Å²) in [6.07, 6.45) is 4.59. The molecule has 0 saturated heterocycles. The third kappa shape index (κ3) is 4.63. The molecule has 0 bridgehead atoms. The van der Waals surface area contributed by atoms with Gasteiger partial charge in [-0.2, -0.15) is 0 Å². The Morgan fingerprint density at radius 2 is 1.62 bits per heavy atom. The molecule has 1 aliphatic heterocycles. The number of aromatic nitrogens is 2. The summed E-state index contributed by atoms with van der Waals surface area (Å²) in [6.45, 7) is 16.5. The number of hydrogen-bond donors (Lipinski definition) is 1. The van der Waals surface area contributed by atoms with E-state index in [-0.39, 0.29) is 12.1 Å². The van der Waals surface area contributed by atoms with E-state index >= 15 is 0 Å². The molecule has 3 heterocycles. The smallest absolute Gasteiger partial charge is 0.210 e. The molecule has 6 nitrogen and oxygen atoms in total. The molecule has 32 heavy (non-hydrogen) atoms. The fraction of sp³-hybridized carbons (Fsp3) is 0.640. The Morgan fingerprint density at radius 3 is 2.22 bits per heavy atom. The highest BCUT2D eigenvalue weighted by Gasteiger charge is 2.37. The maximum atomic E-state index is 6.04. The zero-order chi connectivity index (χ0) is 23.3. The molecule has 2 aromatic heterocycles. The van der Waals surface area contributed by atoms with Crippen LogP contribution in [0.15, 0.2) is 28.4 Å². The van der Waals surface area contributed by atoms with Crippen molar-refractivity contribution in [3.63, 3.8) is 0 Å². The molecule has 176 valence electrons. The summed E-state index contributed by atoms with van der Waals surface area (Å²) >= 11 is 0. The highest BCUT2D eigenvalue weighted by Crippen LogP contribution is 2.28. The lowest BCUT2D eigenvalue weighted by Crippen LogP contribution is -2.49. The zero-order valence-corrected chi connectivity index (χ0v) is 21.9. The van der Waals surface area contributed by atoms with Crippen LogP contribution in [0.4, 0.5) is 0 Å². The zero-order valence-electron chi connectivity index (χ0n) is 20.9. The van der Waals surface area contributed by atoms with Crippen LogP contribution in [0.25, 0.3) is 10.9 Å². The molecule has 7 heteroatoms. The van der Waals surface area contributed by atoms with Crippen molar-refractivity contribution in [2.24, 2.45) is 15.9 Å². The van der Waals surface area contributed by atoms with Crippen LogP contribution >= 0.6 is 0 Å². The molecule has 0 saturated carbocycles. The van der Waals surface area contributed by atoms with Gasteiger partial charge in [-0.05, 0) is 31.4 Å². The summed E-state index contributed by atoms with van der Waals surface area (Å²) in [6, 6.07) is 5.52. The second-order valence-corrected chi connectivity index (χ2v) is 14.1. The number of pyridine rings is 1. The van der Waals surface area contributed by atoms with E-state index in [1.54, 1.807) is 0 Å². The van der Waals surface area contributed by atoms with Crippen LogP contribution in [0.3, 0.4) is 0 Å². The normalized spacial score (nSPS) is 19.2. The summed E-state index contributed by atoms with van der Waals surface area (Å²) in [4.78, 5) is 18.2. The third-order valence-corrected chi connectivity index (χ3v) is 12.5. The number of aliphatic imine (C=N–C) groups is 2. The van der Waals surface area contributed by atoms with Crippen molar-refractivity contribution in [1.82, 2.24) is 9.97 Å². The SMILES string of the molecule is CCOC1=N[C@H](Cc2c([Si](CC)(CC)CC)[nH]c3cnccc23)C(OCC)=N[C@H]1C(C)C. The molecule has 1 aliphatic rings. The average molecular weight is 457 g/mol. The molecule has 0 spiro atoms. The maximum Gasteiger partial charge on any atom is 0.210 e. The van der Waals surface area contributed by atoms with Crippen LogP contribution in [0.5, 0.6) is 0 Å². The molecular formula is C25H40N4O2Si. The first-order valence-corrected chi connectivity index (χ1v) is 14.9. The van der Waals surface area contributed by atoms with Crippen LogP contribution in [0.1, 0.15) is 54.0 Å². The predicted octanol–water partition coefficient (Wildman–Crippen LogP) is 5.10. The van der Waals surface area contributed by atoms with E-state index in [9.17, 15) is 0 Å². The lowest BCUT2D eigenvalue weighted by molar-refractivity contribution is 0.276.